The topological polar surface area (TPSA) is 104 Å². The third-order valence-corrected chi connectivity index (χ3v) is 10.1. The van der Waals surface area contributed by atoms with Crippen LogP contribution in [-0.2, 0) is 20.0 Å². The highest BCUT2D eigenvalue weighted by atomic mass is 32.2. The Morgan fingerprint density at radius 2 is 2.00 bits per heavy atom. The first-order valence-corrected chi connectivity index (χ1v) is 14.9. The monoisotopic (exact) mass is 552 g/mol. The van der Waals surface area contributed by atoms with Gasteiger partial charge in [0.15, 0.2) is 0 Å². The van der Waals surface area contributed by atoms with Crippen molar-refractivity contribution in [2.75, 3.05) is 26.7 Å². The zero-order chi connectivity index (χ0) is 27.4. The lowest BCUT2D eigenvalue weighted by molar-refractivity contribution is 0.0904. The van der Waals surface area contributed by atoms with Crippen LogP contribution in [0.3, 0.4) is 0 Å². The van der Waals surface area contributed by atoms with Crippen LogP contribution >= 0.6 is 0 Å². The largest absolute Gasteiger partial charge is 0.487 e. The highest BCUT2D eigenvalue weighted by molar-refractivity contribution is 7.89. The molecule has 3 rings (SSSR count). The van der Waals surface area contributed by atoms with Crippen molar-refractivity contribution < 1.29 is 31.1 Å². The lowest BCUT2D eigenvalue weighted by atomic mass is 10.0. The van der Waals surface area contributed by atoms with E-state index in [2.05, 4.69) is 11.8 Å². The van der Waals surface area contributed by atoms with E-state index < -0.39 is 43.9 Å². The quantitative estimate of drug-likeness (QED) is 0.530. The maximum absolute atomic E-state index is 13.7. The van der Waals surface area contributed by atoms with E-state index in [-0.39, 0.29) is 35.2 Å². The van der Waals surface area contributed by atoms with Crippen LogP contribution in [0.25, 0.3) is 0 Å². The molecule has 0 aliphatic carbocycles. The summed E-state index contributed by atoms with van der Waals surface area (Å²) in [6.45, 7) is 4.86. The van der Waals surface area contributed by atoms with Crippen molar-refractivity contribution in [3.63, 3.8) is 0 Å². The fourth-order valence-electron chi connectivity index (χ4n) is 3.97. The van der Waals surface area contributed by atoms with Gasteiger partial charge in [0.25, 0.3) is 0 Å². The van der Waals surface area contributed by atoms with E-state index >= 15 is 0 Å². The second-order valence-electron chi connectivity index (χ2n) is 9.20. The van der Waals surface area contributed by atoms with Gasteiger partial charge < -0.3 is 9.84 Å². The summed E-state index contributed by atoms with van der Waals surface area (Å²) in [5.74, 6) is 4.95. The molecule has 1 aliphatic rings. The van der Waals surface area contributed by atoms with E-state index in [1.165, 1.54) is 29.6 Å². The molecule has 0 fully saturated rings. The summed E-state index contributed by atoms with van der Waals surface area (Å²) in [6, 6.07) is 8.60. The molecule has 0 spiro atoms. The molecule has 1 N–H and O–H groups in total. The van der Waals surface area contributed by atoms with E-state index in [0.717, 1.165) is 22.9 Å². The summed E-state index contributed by atoms with van der Waals surface area (Å²) >= 11 is 0. The molecule has 8 nitrogen and oxygen atoms in total. The number of benzene rings is 2. The van der Waals surface area contributed by atoms with Gasteiger partial charge in [0.05, 0.1) is 18.0 Å². The van der Waals surface area contributed by atoms with E-state index in [4.69, 9.17) is 4.74 Å². The number of fused-ring (bicyclic) bond motifs is 1. The number of halogens is 1. The van der Waals surface area contributed by atoms with E-state index in [1.54, 1.807) is 26.0 Å². The maximum atomic E-state index is 13.7. The third kappa shape index (κ3) is 6.51. The minimum Gasteiger partial charge on any atom is -0.487 e. The average Bonchev–Trinajstić information content (AvgIpc) is 2.85. The zero-order valence-corrected chi connectivity index (χ0v) is 23.0. The van der Waals surface area contributed by atoms with Crippen LogP contribution in [0.2, 0.25) is 0 Å². The highest BCUT2D eigenvalue weighted by Gasteiger charge is 2.39. The molecule has 0 aromatic heterocycles. The predicted octanol–water partition coefficient (Wildman–Crippen LogP) is 3.07. The Kier molecular flexibility index (Phi) is 9.37. The van der Waals surface area contributed by atoms with Gasteiger partial charge in [-0.05, 0) is 49.7 Å². The molecule has 0 saturated carbocycles. The first kappa shape index (κ1) is 29.1. The van der Waals surface area contributed by atoms with Crippen molar-refractivity contribution in [3.05, 3.63) is 53.8 Å². The summed E-state index contributed by atoms with van der Waals surface area (Å²) in [5, 5.41) is 9.77. The molecule has 37 heavy (non-hydrogen) atoms. The van der Waals surface area contributed by atoms with Crippen molar-refractivity contribution in [2.24, 2.45) is 5.92 Å². The van der Waals surface area contributed by atoms with Gasteiger partial charge in [0.1, 0.15) is 22.6 Å². The van der Waals surface area contributed by atoms with Crippen LogP contribution in [0.15, 0.2) is 52.3 Å². The third-order valence-electron chi connectivity index (χ3n) is 6.22. The first-order chi connectivity index (χ1) is 17.4. The molecule has 0 unspecified atom stereocenters. The van der Waals surface area contributed by atoms with Crippen molar-refractivity contribution >= 4 is 20.0 Å². The summed E-state index contributed by atoms with van der Waals surface area (Å²) in [5.41, 5.74) is 0.567. The Hall–Kier alpha value is -2.49. The SMILES string of the molecule is CCCC#Cc1ccc2c(c1)O[C@@H](CN(C)S(=O)(=O)c1cccc(F)c1)[C@@H](C)CN([C@@H](C)CO)S2(=O)=O. The van der Waals surface area contributed by atoms with Crippen LogP contribution in [0.5, 0.6) is 5.75 Å². The Morgan fingerprint density at radius 3 is 2.65 bits per heavy atom. The molecule has 202 valence electrons. The lowest BCUT2D eigenvalue weighted by Gasteiger charge is -2.37. The molecule has 1 aliphatic heterocycles. The second kappa shape index (κ2) is 11.9. The van der Waals surface area contributed by atoms with Gasteiger partial charge in [-0.15, -0.1) is 0 Å². The number of hydrogen-bond donors (Lipinski definition) is 1. The number of aliphatic hydroxyl groups excluding tert-OH is 1. The van der Waals surface area contributed by atoms with Gasteiger partial charge in [-0.2, -0.15) is 8.61 Å². The number of sulfonamides is 2. The van der Waals surface area contributed by atoms with Crippen molar-refractivity contribution in [1.82, 2.24) is 8.61 Å². The van der Waals surface area contributed by atoms with Gasteiger partial charge >= 0.3 is 0 Å². The summed E-state index contributed by atoms with van der Waals surface area (Å²) in [7, 11) is -6.71. The standard InChI is InChI=1S/C26H33FN2O6S2/c1-5-6-7-9-21-12-13-26-24(14-21)35-25(19(2)16-29(20(3)18-30)37(26,33)34)17-28(4)36(31,32)23-11-8-10-22(27)15-23/h8,10-15,19-20,25,30H,5-6,16-18H2,1-4H3/t19-,20-,25-/m0/s1. The molecule has 1 heterocycles. The van der Waals surface area contributed by atoms with Crippen molar-refractivity contribution in [2.45, 2.75) is 55.5 Å². The van der Waals surface area contributed by atoms with Crippen molar-refractivity contribution in [1.29, 1.82) is 0 Å². The summed E-state index contributed by atoms with van der Waals surface area (Å²) < 4.78 is 75.6. The van der Waals surface area contributed by atoms with Gasteiger partial charge in [-0.25, -0.2) is 21.2 Å². The Labute approximate surface area is 219 Å². The van der Waals surface area contributed by atoms with Crippen LogP contribution in [0, 0.1) is 23.6 Å². The number of aliphatic hydroxyl groups is 1. The number of rotatable bonds is 7. The molecule has 11 heteroatoms. The Balaban J connectivity index is 2.05. The van der Waals surface area contributed by atoms with Crippen LogP contribution in [-0.4, -0.2) is 69.4 Å². The molecule has 0 radical (unpaired) electrons. The number of ether oxygens (including phenoxy) is 1. The van der Waals surface area contributed by atoms with Gasteiger partial charge in [0, 0.05) is 37.5 Å². The van der Waals surface area contributed by atoms with E-state index in [1.807, 2.05) is 6.92 Å². The van der Waals surface area contributed by atoms with E-state index in [0.29, 0.717) is 12.0 Å². The van der Waals surface area contributed by atoms with Crippen molar-refractivity contribution in [3.8, 4) is 17.6 Å². The first-order valence-electron chi connectivity index (χ1n) is 12.1. The summed E-state index contributed by atoms with van der Waals surface area (Å²) in [6.07, 6.45) is 0.804. The molecular formula is C26H33FN2O6S2. The Morgan fingerprint density at radius 1 is 1.27 bits per heavy atom. The van der Waals surface area contributed by atoms with Crippen LogP contribution in [0.1, 0.15) is 39.2 Å². The highest BCUT2D eigenvalue weighted by Crippen LogP contribution is 2.34. The average molecular weight is 553 g/mol. The van der Waals surface area contributed by atoms with Gasteiger partial charge in [-0.3, -0.25) is 0 Å². The number of likely N-dealkylation sites (N-methyl/N-ethyl adjacent to an activating group) is 1. The smallest absolute Gasteiger partial charge is 0.247 e. The molecule has 0 saturated heterocycles. The molecule has 0 amide bonds. The fourth-order valence-corrected chi connectivity index (χ4v) is 7.01. The maximum Gasteiger partial charge on any atom is 0.247 e. The normalized spacial score (nSPS) is 20.6. The number of unbranched alkanes of at least 4 members (excludes halogenated alkanes) is 1. The lowest BCUT2D eigenvalue weighted by Crippen LogP contribution is -2.50. The molecule has 2 aromatic carbocycles. The van der Waals surface area contributed by atoms with Crippen LogP contribution < -0.4 is 4.74 Å². The number of nitrogens with zero attached hydrogens (tertiary/aromatic N) is 2. The fraction of sp³-hybridized carbons (Fsp3) is 0.462. The van der Waals surface area contributed by atoms with Gasteiger partial charge in [0.2, 0.25) is 20.0 Å². The Bertz CT molecular complexity index is 1390. The predicted molar refractivity (Wildman–Crippen MR) is 138 cm³/mol. The van der Waals surface area contributed by atoms with Gasteiger partial charge in [-0.1, -0.05) is 31.8 Å². The molecule has 0 bridgehead atoms. The van der Waals surface area contributed by atoms with Crippen LogP contribution in [0.4, 0.5) is 4.39 Å². The molecule has 2 aromatic rings. The second-order valence-corrected chi connectivity index (χ2v) is 13.1. The van der Waals surface area contributed by atoms with E-state index in [9.17, 15) is 26.3 Å². The molecule has 3 atom stereocenters. The molecular weight excluding hydrogens is 519 g/mol. The zero-order valence-electron chi connectivity index (χ0n) is 21.4. The minimum absolute atomic E-state index is 0.0000758. The summed E-state index contributed by atoms with van der Waals surface area (Å²) in [4.78, 5) is -0.276. The minimum atomic E-state index is -4.04. The number of hydrogen-bond acceptors (Lipinski definition) is 6.